The number of aromatic nitrogens is 2. The van der Waals surface area contributed by atoms with Gasteiger partial charge in [0.15, 0.2) is 0 Å². The van der Waals surface area contributed by atoms with E-state index in [1.54, 1.807) is 30.5 Å². The molecule has 6 nitrogen and oxygen atoms in total. The van der Waals surface area contributed by atoms with Crippen LogP contribution in [0.3, 0.4) is 0 Å². The first-order valence-electron chi connectivity index (χ1n) is 6.34. The number of aromatic carboxylic acids is 1. The largest absolute Gasteiger partial charge is 0.478 e. The van der Waals surface area contributed by atoms with Crippen molar-refractivity contribution in [1.82, 2.24) is 9.55 Å². The monoisotopic (exact) mass is 275 g/mol. The first-order valence-corrected chi connectivity index (χ1v) is 6.34. The number of fused-ring (bicyclic) bond motifs is 1. The number of nitrogens with two attached hydrogens (primary N) is 1. The summed E-state index contributed by atoms with van der Waals surface area (Å²) in [6.45, 7) is 5.22. The third kappa shape index (κ3) is 1.93. The van der Waals surface area contributed by atoms with E-state index in [9.17, 15) is 14.7 Å². The molecule has 0 unspecified atom stereocenters. The average molecular weight is 275 g/mol. The molecule has 106 valence electrons. The fourth-order valence-electron chi connectivity index (χ4n) is 2.30. The number of nitrogens with zero attached hydrogens (tertiary/aromatic N) is 2. The lowest BCUT2D eigenvalue weighted by Gasteiger charge is -2.26. The Bertz CT molecular complexity index is 701. The second-order valence-electron chi connectivity index (χ2n) is 5.12. The number of carboxylic acid groups (broad SMARTS) is 1. The standard InChI is InChI=1S/C14H17N3O3/c1-4-10-16-9-7-5-6-8(12(18)19)11(9)17(10)14(2,3)13(15)20/h5-7H,4H2,1-3H3,(H2,15,20)(H,18,19). The summed E-state index contributed by atoms with van der Waals surface area (Å²) in [5, 5.41) is 9.34. The third-order valence-electron chi connectivity index (χ3n) is 3.45. The van der Waals surface area contributed by atoms with Gasteiger partial charge in [-0.05, 0) is 26.0 Å². The Morgan fingerprint density at radius 2 is 2.05 bits per heavy atom. The molecule has 1 aromatic heterocycles. The van der Waals surface area contributed by atoms with Crippen molar-refractivity contribution in [3.05, 3.63) is 29.6 Å². The molecule has 0 fully saturated rings. The second-order valence-corrected chi connectivity index (χ2v) is 5.12. The summed E-state index contributed by atoms with van der Waals surface area (Å²) in [7, 11) is 0. The van der Waals surface area contributed by atoms with E-state index in [0.717, 1.165) is 0 Å². The second kappa shape index (κ2) is 4.63. The predicted molar refractivity (Wildman–Crippen MR) is 74.6 cm³/mol. The van der Waals surface area contributed by atoms with Gasteiger partial charge in [-0.2, -0.15) is 0 Å². The van der Waals surface area contributed by atoms with E-state index < -0.39 is 17.4 Å². The molecule has 0 aliphatic carbocycles. The summed E-state index contributed by atoms with van der Waals surface area (Å²) < 4.78 is 1.63. The fourth-order valence-corrected chi connectivity index (χ4v) is 2.30. The maximum Gasteiger partial charge on any atom is 0.337 e. The number of carbonyl (C=O) groups excluding carboxylic acids is 1. The van der Waals surface area contributed by atoms with Gasteiger partial charge in [0, 0.05) is 6.42 Å². The highest BCUT2D eigenvalue weighted by Gasteiger charge is 2.32. The van der Waals surface area contributed by atoms with Crippen molar-refractivity contribution in [3.8, 4) is 0 Å². The molecule has 0 saturated heterocycles. The molecule has 0 atom stereocenters. The zero-order chi connectivity index (χ0) is 15.1. The number of primary amides is 1. The fraction of sp³-hybridized carbons (Fsp3) is 0.357. The molecule has 20 heavy (non-hydrogen) atoms. The summed E-state index contributed by atoms with van der Waals surface area (Å²) in [5.41, 5.74) is 5.52. The van der Waals surface area contributed by atoms with Crippen LogP contribution in [0.2, 0.25) is 0 Å². The predicted octanol–water partition coefficient (Wildman–Crippen LogP) is 1.52. The van der Waals surface area contributed by atoms with Crippen molar-refractivity contribution in [2.24, 2.45) is 5.73 Å². The highest BCUT2D eigenvalue weighted by molar-refractivity contribution is 6.02. The molecule has 0 saturated carbocycles. The molecular weight excluding hydrogens is 258 g/mol. The minimum absolute atomic E-state index is 0.115. The topological polar surface area (TPSA) is 98.2 Å². The maximum atomic E-state index is 11.7. The Hall–Kier alpha value is -2.37. The van der Waals surface area contributed by atoms with Crippen molar-refractivity contribution in [2.45, 2.75) is 32.7 Å². The molecule has 0 bridgehead atoms. The Morgan fingerprint density at radius 3 is 2.55 bits per heavy atom. The summed E-state index contributed by atoms with van der Waals surface area (Å²) in [4.78, 5) is 27.6. The van der Waals surface area contributed by atoms with E-state index >= 15 is 0 Å². The van der Waals surface area contributed by atoms with Gasteiger partial charge in [-0.1, -0.05) is 13.0 Å². The number of aryl methyl sites for hydroxylation is 1. The average Bonchev–Trinajstić information content (AvgIpc) is 2.76. The van der Waals surface area contributed by atoms with Crippen LogP contribution >= 0.6 is 0 Å². The summed E-state index contributed by atoms with van der Waals surface area (Å²) in [6.07, 6.45) is 0.574. The van der Waals surface area contributed by atoms with Gasteiger partial charge < -0.3 is 15.4 Å². The van der Waals surface area contributed by atoms with Gasteiger partial charge >= 0.3 is 5.97 Å². The summed E-state index contributed by atoms with van der Waals surface area (Å²) in [5.74, 6) is -0.955. The van der Waals surface area contributed by atoms with Gasteiger partial charge in [-0.3, -0.25) is 4.79 Å². The van der Waals surface area contributed by atoms with Crippen LogP contribution in [0.15, 0.2) is 18.2 Å². The van der Waals surface area contributed by atoms with Crippen LogP contribution in [-0.2, 0) is 16.8 Å². The van der Waals surface area contributed by atoms with Gasteiger partial charge in [-0.25, -0.2) is 9.78 Å². The number of rotatable bonds is 4. The minimum atomic E-state index is -1.06. The Morgan fingerprint density at radius 1 is 1.40 bits per heavy atom. The Kier molecular flexibility index (Phi) is 3.25. The van der Waals surface area contributed by atoms with Crippen molar-refractivity contribution in [1.29, 1.82) is 0 Å². The third-order valence-corrected chi connectivity index (χ3v) is 3.45. The van der Waals surface area contributed by atoms with E-state index in [0.29, 0.717) is 23.3 Å². The molecule has 0 aliphatic heterocycles. The number of carboxylic acids is 1. The van der Waals surface area contributed by atoms with Crippen LogP contribution in [0.25, 0.3) is 11.0 Å². The lowest BCUT2D eigenvalue weighted by Crippen LogP contribution is -2.42. The SMILES string of the molecule is CCc1nc2cccc(C(=O)O)c2n1C(C)(C)C(N)=O. The first kappa shape index (κ1) is 14.0. The quantitative estimate of drug-likeness (QED) is 0.883. The molecular formula is C14H17N3O3. The van der Waals surface area contributed by atoms with Crippen molar-refractivity contribution < 1.29 is 14.7 Å². The van der Waals surface area contributed by atoms with Gasteiger partial charge in [0.1, 0.15) is 11.4 Å². The Labute approximate surface area is 116 Å². The van der Waals surface area contributed by atoms with Crippen molar-refractivity contribution in [2.75, 3.05) is 0 Å². The number of benzene rings is 1. The number of imidazole rings is 1. The lowest BCUT2D eigenvalue weighted by molar-refractivity contribution is -0.125. The van der Waals surface area contributed by atoms with Crippen LogP contribution in [0, 0.1) is 0 Å². The summed E-state index contributed by atoms with van der Waals surface area (Å²) >= 11 is 0. The number of para-hydroxylation sites is 1. The van der Waals surface area contributed by atoms with Crippen molar-refractivity contribution >= 4 is 22.9 Å². The molecule has 2 rings (SSSR count). The van der Waals surface area contributed by atoms with Crippen LogP contribution < -0.4 is 5.73 Å². The van der Waals surface area contributed by atoms with E-state index in [-0.39, 0.29) is 5.56 Å². The molecule has 1 aromatic carbocycles. The van der Waals surface area contributed by atoms with Gasteiger partial charge in [0.25, 0.3) is 0 Å². The van der Waals surface area contributed by atoms with Gasteiger partial charge in [-0.15, -0.1) is 0 Å². The maximum absolute atomic E-state index is 11.7. The zero-order valence-corrected chi connectivity index (χ0v) is 11.7. The molecule has 3 N–H and O–H groups in total. The molecule has 0 spiro atoms. The molecule has 0 radical (unpaired) electrons. The van der Waals surface area contributed by atoms with Crippen LogP contribution in [-0.4, -0.2) is 26.5 Å². The van der Waals surface area contributed by atoms with E-state index in [2.05, 4.69) is 4.98 Å². The lowest BCUT2D eigenvalue weighted by atomic mass is 10.0. The highest BCUT2D eigenvalue weighted by Crippen LogP contribution is 2.28. The van der Waals surface area contributed by atoms with Crippen LogP contribution in [0.1, 0.15) is 37.0 Å². The molecule has 2 aromatic rings. The normalized spacial score (nSPS) is 11.8. The van der Waals surface area contributed by atoms with E-state index in [4.69, 9.17) is 5.73 Å². The van der Waals surface area contributed by atoms with Crippen LogP contribution in [0.4, 0.5) is 0 Å². The molecule has 6 heteroatoms. The van der Waals surface area contributed by atoms with Gasteiger partial charge in [0.05, 0.1) is 16.6 Å². The Balaban J connectivity index is 2.94. The smallest absolute Gasteiger partial charge is 0.337 e. The number of hydrogen-bond acceptors (Lipinski definition) is 3. The van der Waals surface area contributed by atoms with Crippen LogP contribution in [0.5, 0.6) is 0 Å². The van der Waals surface area contributed by atoms with Crippen molar-refractivity contribution in [3.63, 3.8) is 0 Å². The molecule has 0 aliphatic rings. The summed E-state index contributed by atoms with van der Waals surface area (Å²) in [6, 6.07) is 4.87. The highest BCUT2D eigenvalue weighted by atomic mass is 16.4. The van der Waals surface area contributed by atoms with Gasteiger partial charge in [0.2, 0.25) is 5.91 Å². The number of carbonyl (C=O) groups is 2. The zero-order valence-electron chi connectivity index (χ0n) is 11.7. The van der Waals surface area contributed by atoms with E-state index in [1.807, 2.05) is 6.92 Å². The van der Waals surface area contributed by atoms with E-state index in [1.165, 1.54) is 6.07 Å². The first-order chi connectivity index (χ1) is 9.30. The molecule has 1 heterocycles. The number of amides is 1. The molecule has 1 amide bonds. The minimum Gasteiger partial charge on any atom is -0.478 e. The number of hydrogen-bond donors (Lipinski definition) is 2.